The fourth-order valence-electron chi connectivity index (χ4n) is 3.60. The van der Waals surface area contributed by atoms with E-state index in [4.69, 9.17) is 0 Å². The summed E-state index contributed by atoms with van der Waals surface area (Å²) in [5.74, 6) is -0.668. The van der Waals surface area contributed by atoms with Crippen LogP contribution in [0, 0.1) is 0 Å². The Morgan fingerprint density at radius 3 is 2.40 bits per heavy atom. The highest BCUT2D eigenvalue weighted by molar-refractivity contribution is 7.89. The van der Waals surface area contributed by atoms with Gasteiger partial charge in [-0.25, -0.2) is 13.1 Å². The number of nitrogens with one attached hydrogen (secondary N) is 3. The summed E-state index contributed by atoms with van der Waals surface area (Å²) in [6.45, 7) is 5.07. The highest BCUT2D eigenvalue weighted by Crippen LogP contribution is 2.27. The molecule has 1 atom stereocenters. The number of amides is 1. The third kappa shape index (κ3) is 8.17. The second-order valence-electron chi connectivity index (χ2n) is 8.72. The Kier molecular flexibility index (Phi) is 8.97. The zero-order valence-electron chi connectivity index (χ0n) is 20.2. The van der Waals surface area contributed by atoms with E-state index in [0.29, 0.717) is 12.2 Å². The van der Waals surface area contributed by atoms with Crippen LogP contribution in [0.15, 0.2) is 67.0 Å². The lowest BCUT2D eigenvalue weighted by Gasteiger charge is -2.16. The molecule has 35 heavy (non-hydrogen) atoms. The third-order valence-electron chi connectivity index (χ3n) is 5.27. The predicted molar refractivity (Wildman–Crippen MR) is 139 cm³/mol. The summed E-state index contributed by atoms with van der Waals surface area (Å²) in [5.41, 5.74) is 4.67. The van der Waals surface area contributed by atoms with E-state index in [2.05, 4.69) is 15.6 Å². The van der Waals surface area contributed by atoms with Gasteiger partial charge in [0, 0.05) is 36.2 Å². The normalized spacial score (nSPS) is 12.4. The third-order valence-corrected chi connectivity index (χ3v) is 5.83. The SMILES string of the molecule is CC(C)Nc1cc(-c2ccc(CCNC[C@H](O)c3cccnc3)cc2)ccc1C(=O)NS(C)(=O)=O. The number of aliphatic hydroxyl groups is 1. The molecular formula is C26H32N4O4S. The number of carbonyl (C=O) groups is 1. The van der Waals surface area contributed by atoms with Gasteiger partial charge in [0.2, 0.25) is 10.0 Å². The van der Waals surface area contributed by atoms with Gasteiger partial charge >= 0.3 is 0 Å². The highest BCUT2D eigenvalue weighted by Gasteiger charge is 2.17. The van der Waals surface area contributed by atoms with Crippen LogP contribution in [0.5, 0.6) is 0 Å². The maximum atomic E-state index is 12.4. The van der Waals surface area contributed by atoms with Crippen LogP contribution < -0.4 is 15.4 Å². The molecule has 0 saturated carbocycles. The fraction of sp³-hybridized carbons (Fsp3) is 0.308. The molecular weight excluding hydrogens is 464 g/mol. The average Bonchev–Trinajstić information content (AvgIpc) is 2.81. The van der Waals surface area contributed by atoms with Gasteiger partial charge in [0.1, 0.15) is 0 Å². The lowest BCUT2D eigenvalue weighted by molar-refractivity contribution is 0.0982. The van der Waals surface area contributed by atoms with Crippen LogP contribution in [-0.4, -0.2) is 49.8 Å². The maximum absolute atomic E-state index is 12.4. The van der Waals surface area contributed by atoms with Crippen molar-refractivity contribution in [2.75, 3.05) is 24.7 Å². The van der Waals surface area contributed by atoms with Crippen LogP contribution in [0.25, 0.3) is 11.1 Å². The van der Waals surface area contributed by atoms with Gasteiger partial charge < -0.3 is 15.7 Å². The van der Waals surface area contributed by atoms with E-state index in [1.54, 1.807) is 30.6 Å². The Balaban J connectivity index is 1.64. The van der Waals surface area contributed by atoms with Crippen molar-refractivity contribution in [3.63, 3.8) is 0 Å². The monoisotopic (exact) mass is 496 g/mol. The molecule has 2 aromatic carbocycles. The Hall–Kier alpha value is -3.27. The van der Waals surface area contributed by atoms with E-state index in [0.717, 1.165) is 41.5 Å². The number of anilines is 1. The van der Waals surface area contributed by atoms with Crippen LogP contribution in [0.4, 0.5) is 5.69 Å². The molecule has 3 aromatic rings. The van der Waals surface area contributed by atoms with E-state index in [1.807, 2.05) is 55.0 Å². The van der Waals surface area contributed by atoms with Crippen molar-refractivity contribution in [2.24, 2.45) is 0 Å². The Labute approximate surface area is 206 Å². The fourth-order valence-corrected chi connectivity index (χ4v) is 4.05. The van der Waals surface area contributed by atoms with Gasteiger partial charge in [-0.2, -0.15) is 0 Å². The second-order valence-corrected chi connectivity index (χ2v) is 10.5. The maximum Gasteiger partial charge on any atom is 0.266 e. The molecule has 186 valence electrons. The molecule has 8 nitrogen and oxygen atoms in total. The minimum atomic E-state index is -3.66. The Bertz CT molecular complexity index is 1230. The van der Waals surface area contributed by atoms with Crippen molar-refractivity contribution in [2.45, 2.75) is 32.4 Å². The zero-order chi connectivity index (χ0) is 25.4. The largest absolute Gasteiger partial charge is 0.387 e. The number of carbonyl (C=O) groups excluding carboxylic acids is 1. The Morgan fingerprint density at radius 1 is 1.06 bits per heavy atom. The van der Waals surface area contributed by atoms with Crippen molar-refractivity contribution in [1.29, 1.82) is 0 Å². The number of sulfonamides is 1. The lowest BCUT2D eigenvalue weighted by Crippen LogP contribution is -2.30. The molecule has 0 spiro atoms. The summed E-state index contributed by atoms with van der Waals surface area (Å²) in [7, 11) is -3.66. The minimum Gasteiger partial charge on any atom is -0.387 e. The van der Waals surface area contributed by atoms with Crippen LogP contribution in [0.2, 0.25) is 0 Å². The van der Waals surface area contributed by atoms with Gasteiger partial charge in [-0.05, 0) is 61.7 Å². The lowest BCUT2D eigenvalue weighted by atomic mass is 10.00. The molecule has 4 N–H and O–H groups in total. The van der Waals surface area contributed by atoms with Crippen LogP contribution in [0.1, 0.15) is 41.4 Å². The van der Waals surface area contributed by atoms with Gasteiger partial charge in [0.05, 0.1) is 17.9 Å². The molecule has 0 aliphatic carbocycles. The number of benzene rings is 2. The number of aliphatic hydroxyl groups excluding tert-OH is 1. The quantitative estimate of drug-likeness (QED) is 0.301. The molecule has 0 fully saturated rings. The van der Waals surface area contributed by atoms with E-state index in [-0.39, 0.29) is 11.6 Å². The number of hydrogen-bond donors (Lipinski definition) is 4. The summed E-state index contributed by atoms with van der Waals surface area (Å²) < 4.78 is 25.0. The number of pyridine rings is 1. The van der Waals surface area contributed by atoms with Gasteiger partial charge in [-0.3, -0.25) is 9.78 Å². The molecule has 1 heterocycles. The first-order chi connectivity index (χ1) is 16.6. The van der Waals surface area contributed by atoms with E-state index in [9.17, 15) is 18.3 Å². The molecule has 9 heteroatoms. The average molecular weight is 497 g/mol. The molecule has 0 saturated heterocycles. The van der Waals surface area contributed by atoms with Crippen LogP contribution in [0.3, 0.4) is 0 Å². The molecule has 0 aliphatic heterocycles. The van der Waals surface area contributed by atoms with Crippen molar-refractivity contribution < 1.29 is 18.3 Å². The Morgan fingerprint density at radius 2 is 1.77 bits per heavy atom. The summed E-state index contributed by atoms with van der Waals surface area (Å²) >= 11 is 0. The number of hydrogen-bond acceptors (Lipinski definition) is 7. The van der Waals surface area contributed by atoms with Crippen molar-refractivity contribution >= 4 is 21.6 Å². The van der Waals surface area contributed by atoms with Gasteiger partial charge in [0.15, 0.2) is 0 Å². The van der Waals surface area contributed by atoms with Crippen LogP contribution in [-0.2, 0) is 16.4 Å². The summed E-state index contributed by atoms with van der Waals surface area (Å²) in [4.78, 5) is 16.5. The molecule has 0 aliphatic rings. The van der Waals surface area contributed by atoms with E-state index < -0.39 is 22.0 Å². The first-order valence-corrected chi connectivity index (χ1v) is 13.3. The number of rotatable bonds is 11. The van der Waals surface area contributed by atoms with Crippen LogP contribution >= 0.6 is 0 Å². The first-order valence-electron chi connectivity index (χ1n) is 11.4. The summed E-state index contributed by atoms with van der Waals surface area (Å²) in [6.07, 6.45) is 4.51. The van der Waals surface area contributed by atoms with Gasteiger partial charge in [-0.1, -0.05) is 36.4 Å². The zero-order valence-corrected chi connectivity index (χ0v) is 21.0. The van der Waals surface area contributed by atoms with E-state index in [1.165, 1.54) is 0 Å². The van der Waals surface area contributed by atoms with Crippen molar-refractivity contribution in [3.05, 3.63) is 83.7 Å². The van der Waals surface area contributed by atoms with Crippen molar-refractivity contribution in [1.82, 2.24) is 15.0 Å². The molecule has 0 unspecified atom stereocenters. The van der Waals surface area contributed by atoms with Gasteiger partial charge in [-0.15, -0.1) is 0 Å². The summed E-state index contributed by atoms with van der Waals surface area (Å²) in [5, 5.41) is 16.7. The number of aromatic nitrogens is 1. The topological polar surface area (TPSA) is 120 Å². The van der Waals surface area contributed by atoms with Gasteiger partial charge in [0.25, 0.3) is 5.91 Å². The predicted octanol–water partition coefficient (Wildman–Crippen LogP) is 3.12. The summed E-state index contributed by atoms with van der Waals surface area (Å²) in [6, 6.07) is 17.1. The van der Waals surface area contributed by atoms with E-state index >= 15 is 0 Å². The molecule has 1 amide bonds. The number of nitrogens with zero attached hydrogens (tertiary/aromatic N) is 1. The molecule has 0 radical (unpaired) electrons. The molecule has 1 aromatic heterocycles. The standard InChI is InChI=1S/C26H32N4O4S/c1-18(2)29-24-15-21(10-11-23(24)26(32)30-35(3,33)34)20-8-6-19(7-9-20)12-14-28-17-25(31)22-5-4-13-27-16-22/h4-11,13,15-16,18,25,28-29,31H,12,14,17H2,1-3H3,(H,30,32)/t25-/m0/s1. The second kappa shape index (κ2) is 11.9. The molecule has 3 rings (SSSR count). The molecule has 0 bridgehead atoms. The first kappa shape index (κ1) is 26.3. The minimum absolute atomic E-state index is 0.0570. The smallest absolute Gasteiger partial charge is 0.266 e. The highest BCUT2D eigenvalue weighted by atomic mass is 32.2. The van der Waals surface area contributed by atoms with Crippen molar-refractivity contribution in [3.8, 4) is 11.1 Å².